The van der Waals surface area contributed by atoms with Crippen LogP contribution >= 0.6 is 0 Å². The average Bonchev–Trinajstić information content (AvgIpc) is 2.39. The molecule has 0 unspecified atom stereocenters. The van der Waals surface area contributed by atoms with Crippen LogP contribution in [0, 0.1) is 11.3 Å². The molecule has 0 amide bonds. The molecule has 17 heavy (non-hydrogen) atoms. The molecule has 0 fully saturated rings. The minimum Gasteiger partial charge on any atom is -0.399 e. The zero-order chi connectivity index (χ0) is 12.3. The van der Waals surface area contributed by atoms with E-state index < -0.39 is 0 Å². The second-order valence-electron chi connectivity index (χ2n) is 3.64. The first-order valence-corrected chi connectivity index (χ1v) is 5.11. The molecule has 0 aliphatic heterocycles. The number of anilines is 1. The van der Waals surface area contributed by atoms with Gasteiger partial charge in [0.1, 0.15) is 0 Å². The van der Waals surface area contributed by atoms with Crippen molar-refractivity contribution < 1.29 is 4.79 Å². The Labute approximate surface area is 99.1 Å². The van der Waals surface area contributed by atoms with Gasteiger partial charge in [0, 0.05) is 16.8 Å². The summed E-state index contributed by atoms with van der Waals surface area (Å²) < 4.78 is 0. The molecule has 2 aromatic rings. The summed E-state index contributed by atoms with van der Waals surface area (Å²) in [4.78, 5) is 12.1. The number of nitrogen functional groups attached to an aromatic ring is 1. The SMILES string of the molecule is N#Cc1cccc(C(=O)c2ccc(N)cc2)c1. The summed E-state index contributed by atoms with van der Waals surface area (Å²) in [5, 5.41) is 8.77. The number of ketones is 1. The standard InChI is InChI=1S/C14H10N2O/c15-9-10-2-1-3-12(8-10)14(17)11-4-6-13(16)7-5-11/h1-8H,16H2. The van der Waals surface area contributed by atoms with Crippen LogP contribution < -0.4 is 5.73 Å². The summed E-state index contributed by atoms with van der Waals surface area (Å²) in [6.45, 7) is 0. The average molecular weight is 222 g/mol. The first-order chi connectivity index (χ1) is 8.20. The van der Waals surface area contributed by atoms with Gasteiger partial charge in [0.25, 0.3) is 0 Å². The highest BCUT2D eigenvalue weighted by atomic mass is 16.1. The maximum Gasteiger partial charge on any atom is 0.193 e. The molecule has 0 bridgehead atoms. The molecule has 2 aromatic carbocycles. The maximum atomic E-state index is 12.1. The molecule has 2 rings (SSSR count). The number of nitrogens with zero attached hydrogens (tertiary/aromatic N) is 1. The predicted octanol–water partition coefficient (Wildman–Crippen LogP) is 2.37. The van der Waals surface area contributed by atoms with Gasteiger partial charge in [-0.05, 0) is 36.4 Å². The molecule has 0 aromatic heterocycles. The van der Waals surface area contributed by atoms with Crippen molar-refractivity contribution in [1.82, 2.24) is 0 Å². The summed E-state index contributed by atoms with van der Waals surface area (Å²) in [5.41, 5.74) is 7.73. The lowest BCUT2D eigenvalue weighted by molar-refractivity contribution is 0.103. The van der Waals surface area contributed by atoms with E-state index in [1.54, 1.807) is 48.5 Å². The maximum absolute atomic E-state index is 12.1. The molecule has 0 heterocycles. The Balaban J connectivity index is 2.37. The molecule has 2 N–H and O–H groups in total. The molecule has 0 saturated carbocycles. The summed E-state index contributed by atoms with van der Waals surface area (Å²) in [5.74, 6) is -0.109. The van der Waals surface area contributed by atoms with Gasteiger partial charge in [-0.25, -0.2) is 0 Å². The van der Waals surface area contributed by atoms with Crippen LogP contribution in [0.5, 0.6) is 0 Å². The van der Waals surface area contributed by atoms with Gasteiger partial charge in [-0.15, -0.1) is 0 Å². The molecule has 0 saturated heterocycles. The molecular weight excluding hydrogens is 212 g/mol. The van der Waals surface area contributed by atoms with Crippen molar-refractivity contribution in [3.63, 3.8) is 0 Å². The number of nitriles is 1. The quantitative estimate of drug-likeness (QED) is 0.626. The Morgan fingerprint density at radius 1 is 1.06 bits per heavy atom. The van der Waals surface area contributed by atoms with Gasteiger partial charge in [0.05, 0.1) is 11.6 Å². The molecule has 0 radical (unpaired) electrons. The second kappa shape index (κ2) is 4.50. The molecule has 0 atom stereocenters. The van der Waals surface area contributed by atoms with E-state index in [0.717, 1.165) is 0 Å². The van der Waals surface area contributed by atoms with Gasteiger partial charge in [-0.1, -0.05) is 12.1 Å². The van der Waals surface area contributed by atoms with Crippen molar-refractivity contribution in [2.24, 2.45) is 0 Å². The highest BCUT2D eigenvalue weighted by Gasteiger charge is 2.08. The fourth-order valence-corrected chi connectivity index (χ4v) is 1.53. The van der Waals surface area contributed by atoms with Crippen LogP contribution in [0.2, 0.25) is 0 Å². The monoisotopic (exact) mass is 222 g/mol. The first kappa shape index (κ1) is 10.9. The van der Waals surface area contributed by atoms with E-state index >= 15 is 0 Å². The molecule has 0 aliphatic carbocycles. The third-order valence-electron chi connectivity index (χ3n) is 2.43. The molecular formula is C14H10N2O. The van der Waals surface area contributed by atoms with E-state index in [-0.39, 0.29) is 5.78 Å². The topological polar surface area (TPSA) is 66.9 Å². The van der Waals surface area contributed by atoms with Gasteiger partial charge in [0.2, 0.25) is 0 Å². The fourth-order valence-electron chi connectivity index (χ4n) is 1.53. The number of carbonyl (C=O) groups is 1. The number of hydrogen-bond donors (Lipinski definition) is 1. The van der Waals surface area contributed by atoms with E-state index in [1.165, 1.54) is 0 Å². The summed E-state index contributed by atoms with van der Waals surface area (Å²) in [7, 11) is 0. The molecule has 0 aliphatic rings. The Morgan fingerprint density at radius 3 is 2.41 bits per heavy atom. The van der Waals surface area contributed by atoms with Gasteiger partial charge >= 0.3 is 0 Å². The van der Waals surface area contributed by atoms with Crippen LogP contribution in [-0.2, 0) is 0 Å². The highest BCUT2D eigenvalue weighted by Crippen LogP contribution is 2.13. The van der Waals surface area contributed by atoms with Gasteiger partial charge < -0.3 is 5.73 Å². The number of rotatable bonds is 2. The number of benzene rings is 2. The fraction of sp³-hybridized carbons (Fsp3) is 0. The van der Waals surface area contributed by atoms with Crippen molar-refractivity contribution in [2.75, 3.05) is 5.73 Å². The predicted molar refractivity (Wildman–Crippen MR) is 65.4 cm³/mol. The van der Waals surface area contributed by atoms with E-state index in [4.69, 9.17) is 11.0 Å². The lowest BCUT2D eigenvalue weighted by Gasteiger charge is -2.02. The molecule has 0 spiro atoms. The van der Waals surface area contributed by atoms with E-state index in [9.17, 15) is 4.79 Å². The molecule has 82 valence electrons. The van der Waals surface area contributed by atoms with Gasteiger partial charge in [-0.3, -0.25) is 4.79 Å². The second-order valence-corrected chi connectivity index (χ2v) is 3.64. The van der Waals surface area contributed by atoms with Crippen molar-refractivity contribution in [3.8, 4) is 6.07 Å². The van der Waals surface area contributed by atoms with E-state index in [0.29, 0.717) is 22.4 Å². The Morgan fingerprint density at radius 2 is 1.76 bits per heavy atom. The third kappa shape index (κ3) is 2.32. The Kier molecular flexibility index (Phi) is 2.89. The van der Waals surface area contributed by atoms with Gasteiger partial charge in [0.15, 0.2) is 5.78 Å². The van der Waals surface area contributed by atoms with Crippen LogP contribution in [0.1, 0.15) is 21.5 Å². The zero-order valence-electron chi connectivity index (χ0n) is 9.05. The van der Waals surface area contributed by atoms with Crippen LogP contribution in [0.15, 0.2) is 48.5 Å². The molecule has 3 nitrogen and oxygen atoms in total. The van der Waals surface area contributed by atoms with Crippen molar-refractivity contribution in [1.29, 1.82) is 5.26 Å². The van der Waals surface area contributed by atoms with Crippen molar-refractivity contribution in [2.45, 2.75) is 0 Å². The number of hydrogen-bond acceptors (Lipinski definition) is 3. The van der Waals surface area contributed by atoms with Crippen LogP contribution in [0.25, 0.3) is 0 Å². The highest BCUT2D eigenvalue weighted by molar-refractivity contribution is 6.09. The van der Waals surface area contributed by atoms with Gasteiger partial charge in [-0.2, -0.15) is 5.26 Å². The largest absolute Gasteiger partial charge is 0.399 e. The molecule has 3 heteroatoms. The van der Waals surface area contributed by atoms with Crippen molar-refractivity contribution >= 4 is 11.5 Å². The lowest BCUT2D eigenvalue weighted by Crippen LogP contribution is -2.01. The van der Waals surface area contributed by atoms with Crippen LogP contribution in [0.4, 0.5) is 5.69 Å². The van der Waals surface area contributed by atoms with E-state index in [2.05, 4.69) is 0 Å². The number of carbonyl (C=O) groups excluding carboxylic acids is 1. The minimum absolute atomic E-state index is 0.109. The van der Waals surface area contributed by atoms with E-state index in [1.807, 2.05) is 6.07 Å². The third-order valence-corrected chi connectivity index (χ3v) is 2.43. The Bertz CT molecular complexity index is 594. The zero-order valence-corrected chi connectivity index (χ0v) is 9.05. The summed E-state index contributed by atoms with van der Waals surface area (Å²) >= 11 is 0. The normalized spacial score (nSPS) is 9.59. The summed E-state index contributed by atoms with van der Waals surface area (Å²) in [6.07, 6.45) is 0. The first-order valence-electron chi connectivity index (χ1n) is 5.11. The summed E-state index contributed by atoms with van der Waals surface area (Å²) in [6, 6.07) is 15.4. The Hall–Kier alpha value is -2.60. The lowest BCUT2D eigenvalue weighted by atomic mass is 10.0. The minimum atomic E-state index is -0.109. The smallest absolute Gasteiger partial charge is 0.193 e. The number of nitrogens with two attached hydrogens (primary N) is 1. The van der Waals surface area contributed by atoms with Crippen LogP contribution in [-0.4, -0.2) is 5.78 Å². The van der Waals surface area contributed by atoms with Crippen molar-refractivity contribution in [3.05, 3.63) is 65.2 Å². The van der Waals surface area contributed by atoms with Crippen LogP contribution in [0.3, 0.4) is 0 Å².